The van der Waals surface area contributed by atoms with E-state index in [9.17, 15) is 0 Å². The van der Waals surface area contributed by atoms with Gasteiger partial charge in [0.05, 0.1) is 10.8 Å². The highest BCUT2D eigenvalue weighted by Gasteiger charge is 2.44. The second-order valence-corrected chi connectivity index (χ2v) is 18.7. The fraction of sp³-hybridized carbons (Fsp3) is 0.0294. The van der Waals surface area contributed by atoms with Gasteiger partial charge in [-0.15, -0.1) is 0 Å². The Hall–Kier alpha value is -8.92. The molecule has 0 N–H and O–H groups in total. The largest absolute Gasteiger partial charge is 0.311 e. The van der Waals surface area contributed by atoms with Gasteiger partial charge < -0.3 is 9.80 Å². The van der Waals surface area contributed by atoms with Crippen molar-refractivity contribution in [2.75, 3.05) is 9.80 Å². The molecule has 2 aliphatic heterocycles. The van der Waals surface area contributed by atoms with Crippen molar-refractivity contribution in [2.24, 2.45) is 0 Å². The molecular formula is C68H49BN2. The van der Waals surface area contributed by atoms with Gasteiger partial charge in [-0.05, 0) is 109 Å². The Balaban J connectivity index is 0.971. The highest BCUT2D eigenvalue weighted by atomic mass is 15.2. The summed E-state index contributed by atoms with van der Waals surface area (Å²) in [6.45, 7) is 0.0448. The van der Waals surface area contributed by atoms with Crippen LogP contribution in [-0.2, 0) is 10.8 Å². The molecule has 3 heteroatoms. The normalized spacial score (nSPS) is 12.7. The first-order chi connectivity index (χ1) is 35.3. The van der Waals surface area contributed by atoms with Crippen LogP contribution in [0.2, 0.25) is 0 Å². The third kappa shape index (κ3) is 6.65. The van der Waals surface area contributed by atoms with Crippen LogP contribution in [-0.4, -0.2) is 6.71 Å². The first kappa shape index (κ1) is 42.2. The van der Waals surface area contributed by atoms with Crippen molar-refractivity contribution in [1.29, 1.82) is 0 Å². The minimum Gasteiger partial charge on any atom is -0.311 e. The topological polar surface area (TPSA) is 6.48 Å². The third-order valence-corrected chi connectivity index (χ3v) is 15.2. The number of rotatable bonds is 10. The van der Waals surface area contributed by atoms with Gasteiger partial charge in [-0.2, -0.15) is 0 Å². The molecular weight excluding hydrogens is 856 g/mol. The van der Waals surface area contributed by atoms with E-state index in [0.29, 0.717) is 0 Å². The molecule has 0 aromatic heterocycles. The molecule has 11 aromatic rings. The van der Waals surface area contributed by atoms with Gasteiger partial charge in [0.2, 0.25) is 0 Å². The molecule has 0 amide bonds. The predicted octanol–water partition coefficient (Wildman–Crippen LogP) is 14.5. The molecule has 0 unspecified atom stereocenters. The van der Waals surface area contributed by atoms with Crippen molar-refractivity contribution in [2.45, 2.75) is 10.8 Å². The van der Waals surface area contributed by atoms with Gasteiger partial charge in [-0.25, -0.2) is 0 Å². The third-order valence-electron chi connectivity index (χ3n) is 15.2. The van der Waals surface area contributed by atoms with E-state index >= 15 is 0 Å². The second kappa shape index (κ2) is 17.6. The maximum Gasteiger partial charge on any atom is 0.252 e. The predicted molar refractivity (Wildman–Crippen MR) is 297 cm³/mol. The highest BCUT2D eigenvalue weighted by Crippen LogP contribution is 2.49. The van der Waals surface area contributed by atoms with E-state index in [-0.39, 0.29) is 6.71 Å². The number of anilines is 6. The van der Waals surface area contributed by atoms with E-state index in [0.717, 1.165) is 11.4 Å². The number of nitrogens with zero attached hydrogens (tertiary/aromatic N) is 2. The Labute approximate surface area is 417 Å². The Morgan fingerprint density at radius 2 is 0.451 bits per heavy atom. The van der Waals surface area contributed by atoms with Gasteiger partial charge in [0.15, 0.2) is 0 Å². The van der Waals surface area contributed by atoms with Crippen LogP contribution in [0.5, 0.6) is 0 Å². The molecule has 2 nitrogen and oxygen atoms in total. The molecule has 0 atom stereocenters. The van der Waals surface area contributed by atoms with Crippen LogP contribution in [0.25, 0.3) is 0 Å². The monoisotopic (exact) mass is 904 g/mol. The lowest BCUT2D eigenvalue weighted by molar-refractivity contribution is 0.745. The summed E-state index contributed by atoms with van der Waals surface area (Å²) in [6.07, 6.45) is 0. The Kier molecular flexibility index (Phi) is 10.4. The number of benzene rings is 11. The molecule has 11 aromatic carbocycles. The van der Waals surface area contributed by atoms with E-state index in [4.69, 9.17) is 0 Å². The van der Waals surface area contributed by atoms with E-state index in [1.165, 1.54) is 83.6 Å². The molecule has 0 saturated heterocycles. The molecule has 334 valence electrons. The molecule has 71 heavy (non-hydrogen) atoms. The van der Waals surface area contributed by atoms with E-state index < -0.39 is 10.8 Å². The number of para-hydroxylation sites is 2. The van der Waals surface area contributed by atoms with Crippen LogP contribution in [0.3, 0.4) is 0 Å². The zero-order valence-corrected chi connectivity index (χ0v) is 39.3. The average Bonchev–Trinajstić information content (AvgIpc) is 3.46. The fourth-order valence-corrected chi connectivity index (χ4v) is 12.2. The minimum atomic E-state index is -0.540. The Morgan fingerprint density at radius 3 is 0.746 bits per heavy atom. The first-order valence-corrected chi connectivity index (χ1v) is 24.7. The lowest BCUT2D eigenvalue weighted by Crippen LogP contribution is -2.61. The van der Waals surface area contributed by atoms with Gasteiger partial charge >= 0.3 is 0 Å². The Bertz CT molecular complexity index is 3190. The average molecular weight is 905 g/mol. The van der Waals surface area contributed by atoms with Gasteiger partial charge in [0.25, 0.3) is 6.71 Å². The molecule has 13 rings (SSSR count). The summed E-state index contributed by atoms with van der Waals surface area (Å²) in [5.74, 6) is 0. The smallest absolute Gasteiger partial charge is 0.252 e. The zero-order valence-electron chi connectivity index (χ0n) is 39.3. The first-order valence-electron chi connectivity index (χ1n) is 24.7. The van der Waals surface area contributed by atoms with Crippen LogP contribution in [0.4, 0.5) is 34.1 Å². The summed E-state index contributed by atoms with van der Waals surface area (Å²) in [6, 6.07) is 110. The van der Waals surface area contributed by atoms with Crippen molar-refractivity contribution in [1.82, 2.24) is 0 Å². The van der Waals surface area contributed by atoms with E-state index in [2.05, 4.69) is 307 Å². The summed E-state index contributed by atoms with van der Waals surface area (Å²) in [5, 5.41) is 0. The highest BCUT2D eigenvalue weighted by molar-refractivity contribution is 7.00. The molecule has 2 heterocycles. The van der Waals surface area contributed by atoms with Crippen molar-refractivity contribution in [3.63, 3.8) is 0 Å². The summed E-state index contributed by atoms with van der Waals surface area (Å²) in [4.78, 5) is 4.99. The molecule has 0 fully saturated rings. The lowest BCUT2D eigenvalue weighted by atomic mass is 9.33. The number of hydrogen-bond donors (Lipinski definition) is 0. The maximum atomic E-state index is 2.49. The van der Waals surface area contributed by atoms with Gasteiger partial charge in [0, 0.05) is 34.1 Å². The fourth-order valence-electron chi connectivity index (χ4n) is 12.2. The summed E-state index contributed by atoms with van der Waals surface area (Å²) in [5.41, 5.74) is 19.6. The van der Waals surface area contributed by atoms with E-state index in [1.807, 2.05) is 0 Å². The zero-order chi connectivity index (χ0) is 47.2. The number of fused-ring (bicyclic) bond motifs is 4. The van der Waals surface area contributed by atoms with Crippen molar-refractivity contribution in [3.8, 4) is 0 Å². The minimum absolute atomic E-state index is 0.0448. The molecule has 0 aliphatic carbocycles. The summed E-state index contributed by atoms with van der Waals surface area (Å²) in [7, 11) is 0. The maximum absolute atomic E-state index is 2.49. The van der Waals surface area contributed by atoms with Gasteiger partial charge in [-0.1, -0.05) is 249 Å². The van der Waals surface area contributed by atoms with Gasteiger partial charge in [-0.3, -0.25) is 0 Å². The summed E-state index contributed by atoms with van der Waals surface area (Å²) >= 11 is 0. The molecule has 0 saturated carbocycles. The van der Waals surface area contributed by atoms with Crippen molar-refractivity contribution < 1.29 is 0 Å². The van der Waals surface area contributed by atoms with Crippen LogP contribution < -0.4 is 26.2 Å². The Morgan fingerprint density at radius 1 is 0.211 bits per heavy atom. The standard InChI is InChI=1S/C68H49BN2/c1-7-24-50(25-8-1)67(51-26-9-2-10-27-51,52-28-11-3-12-29-52)56-42-46-58(47-43-56)70-62-38-21-19-36-60(62)69-61-37-20-22-39-63(61)71(65-41-23-40-64(70)66(65)69)59-48-44-57(45-49-59)68(53-30-13-4-14-31-53,54-32-15-5-16-33-54)55-34-17-6-18-35-55/h1-49H. The summed E-state index contributed by atoms with van der Waals surface area (Å²) < 4.78 is 0. The van der Waals surface area contributed by atoms with Crippen LogP contribution in [0.1, 0.15) is 44.5 Å². The van der Waals surface area contributed by atoms with Crippen molar-refractivity contribution in [3.05, 3.63) is 342 Å². The molecule has 0 spiro atoms. The quantitative estimate of drug-likeness (QED) is 0.0997. The van der Waals surface area contributed by atoms with Gasteiger partial charge in [0.1, 0.15) is 0 Å². The lowest BCUT2D eigenvalue weighted by Gasteiger charge is -2.44. The molecule has 0 bridgehead atoms. The molecule has 0 radical (unpaired) electrons. The van der Waals surface area contributed by atoms with Crippen molar-refractivity contribution >= 4 is 57.2 Å². The van der Waals surface area contributed by atoms with Crippen LogP contribution in [0.15, 0.2) is 297 Å². The number of hydrogen-bond acceptors (Lipinski definition) is 2. The van der Waals surface area contributed by atoms with E-state index in [1.54, 1.807) is 0 Å². The molecule has 2 aliphatic rings. The SMILES string of the molecule is c1ccc(C(c2ccccc2)(c2ccccc2)c2ccc(N3c4ccccc4B4c5ccccc5N(c5ccc(C(c6ccccc6)(c6ccccc6)c6ccccc6)cc5)c5cccc3c54)cc2)cc1. The second-order valence-electron chi connectivity index (χ2n) is 18.7. The van der Waals surface area contributed by atoms with Crippen LogP contribution in [0, 0.1) is 0 Å². The van der Waals surface area contributed by atoms with Crippen LogP contribution >= 0.6 is 0 Å².